The fourth-order valence-electron chi connectivity index (χ4n) is 4.45. The van der Waals surface area contributed by atoms with Gasteiger partial charge in [0.15, 0.2) is 0 Å². The van der Waals surface area contributed by atoms with Gasteiger partial charge in [-0.05, 0) is 61.0 Å². The molecule has 0 bridgehead atoms. The maximum atomic E-state index is 12.7. The van der Waals surface area contributed by atoms with E-state index in [-0.39, 0.29) is 11.8 Å². The van der Waals surface area contributed by atoms with Crippen LogP contribution in [-0.4, -0.2) is 35.9 Å². The van der Waals surface area contributed by atoms with Crippen molar-refractivity contribution in [1.82, 2.24) is 9.78 Å². The molecule has 0 fully saturated rings. The number of aryl methyl sites for hydroxylation is 1. The number of ether oxygens (including phenoxy) is 3. The summed E-state index contributed by atoms with van der Waals surface area (Å²) in [6.45, 7) is 3.35. The molecule has 0 aliphatic rings. The summed E-state index contributed by atoms with van der Waals surface area (Å²) in [6, 6.07) is 29.5. The van der Waals surface area contributed by atoms with E-state index in [1.807, 2.05) is 73.7 Å². The van der Waals surface area contributed by atoms with Crippen molar-refractivity contribution in [2.75, 3.05) is 19.5 Å². The number of nitrogens with zero attached hydrogens (tertiary/aromatic N) is 2. The molecule has 1 amide bonds. The molecule has 0 saturated heterocycles. The van der Waals surface area contributed by atoms with Crippen LogP contribution in [0.5, 0.6) is 17.4 Å². The van der Waals surface area contributed by atoms with Crippen molar-refractivity contribution >= 4 is 17.6 Å². The molecule has 0 spiro atoms. The Morgan fingerprint density at radius 2 is 1.54 bits per heavy atom. The zero-order valence-electron chi connectivity index (χ0n) is 23.2. The summed E-state index contributed by atoms with van der Waals surface area (Å²) in [7, 11) is 3.16. The number of nitrogens with one attached hydrogen (secondary N) is 1. The molecule has 1 aromatic heterocycles. The van der Waals surface area contributed by atoms with Crippen LogP contribution in [0, 0.1) is 6.92 Å². The molecule has 1 heterocycles. The van der Waals surface area contributed by atoms with Gasteiger partial charge < -0.3 is 19.5 Å². The molecule has 8 nitrogen and oxygen atoms in total. The summed E-state index contributed by atoms with van der Waals surface area (Å²) in [4.78, 5) is 25.0. The quantitative estimate of drug-likeness (QED) is 0.217. The zero-order valence-corrected chi connectivity index (χ0v) is 23.2. The highest BCUT2D eigenvalue weighted by Crippen LogP contribution is 2.44. The highest BCUT2D eigenvalue weighted by molar-refractivity contribution is 6.04. The second-order valence-corrected chi connectivity index (χ2v) is 9.33. The van der Waals surface area contributed by atoms with E-state index >= 15 is 0 Å². The first-order valence-electron chi connectivity index (χ1n) is 13.0. The number of methoxy groups -OCH3 is 2. The van der Waals surface area contributed by atoms with Gasteiger partial charge in [0, 0.05) is 29.8 Å². The molecule has 206 valence electrons. The lowest BCUT2D eigenvalue weighted by molar-refractivity contribution is -0.132. The van der Waals surface area contributed by atoms with Crippen LogP contribution in [0.4, 0.5) is 5.69 Å². The van der Waals surface area contributed by atoms with Crippen LogP contribution in [0.1, 0.15) is 22.8 Å². The van der Waals surface area contributed by atoms with Gasteiger partial charge >= 0.3 is 5.97 Å². The highest BCUT2D eigenvalue weighted by Gasteiger charge is 2.26. The van der Waals surface area contributed by atoms with Crippen LogP contribution in [0.25, 0.3) is 28.1 Å². The van der Waals surface area contributed by atoms with E-state index in [1.165, 1.54) is 6.92 Å². The second kappa shape index (κ2) is 11.8. The van der Waals surface area contributed by atoms with Gasteiger partial charge in [0.1, 0.15) is 17.2 Å². The average molecular weight is 548 g/mol. The Kier molecular flexibility index (Phi) is 7.83. The third-order valence-electron chi connectivity index (χ3n) is 6.49. The average Bonchev–Trinajstić information content (AvgIpc) is 3.36. The number of hydrogen-bond donors (Lipinski definition) is 1. The van der Waals surface area contributed by atoms with E-state index < -0.39 is 5.97 Å². The van der Waals surface area contributed by atoms with Crippen molar-refractivity contribution < 1.29 is 23.8 Å². The third kappa shape index (κ3) is 5.81. The van der Waals surface area contributed by atoms with Crippen molar-refractivity contribution in [3.63, 3.8) is 0 Å². The standard InChI is InChI=1S/C33H29N3O5/c1-21-10-16-26(17-11-21)36-33(41-22(2)37)30(31(35-36)28-19-18-27(39-3)20-29(28)40-4)23-12-14-25(15-13-23)34-32(38)24-8-6-5-7-9-24/h5-20H,1-4H3,(H,34,38). The smallest absolute Gasteiger partial charge is 0.309 e. The minimum Gasteiger partial charge on any atom is -0.497 e. The lowest BCUT2D eigenvalue weighted by atomic mass is 10.00. The van der Waals surface area contributed by atoms with Crippen LogP contribution in [-0.2, 0) is 4.79 Å². The van der Waals surface area contributed by atoms with Gasteiger partial charge in [-0.3, -0.25) is 9.59 Å². The van der Waals surface area contributed by atoms with E-state index in [9.17, 15) is 9.59 Å². The van der Waals surface area contributed by atoms with E-state index in [0.29, 0.717) is 39.6 Å². The van der Waals surface area contributed by atoms with Crippen LogP contribution < -0.4 is 19.5 Å². The maximum absolute atomic E-state index is 12.7. The molecule has 0 atom stereocenters. The number of carbonyl (C=O) groups excluding carboxylic acids is 2. The Morgan fingerprint density at radius 3 is 2.17 bits per heavy atom. The Bertz CT molecular complexity index is 1690. The number of esters is 1. The van der Waals surface area contributed by atoms with Gasteiger partial charge in [-0.25, -0.2) is 0 Å². The molecule has 41 heavy (non-hydrogen) atoms. The molecule has 4 aromatic carbocycles. The molecule has 0 radical (unpaired) electrons. The third-order valence-corrected chi connectivity index (χ3v) is 6.49. The summed E-state index contributed by atoms with van der Waals surface area (Å²) in [5.74, 6) is 0.730. The number of anilines is 1. The van der Waals surface area contributed by atoms with Crippen molar-refractivity contribution in [2.45, 2.75) is 13.8 Å². The number of benzene rings is 4. The van der Waals surface area contributed by atoms with Gasteiger partial charge in [0.05, 0.1) is 25.5 Å². The first-order valence-corrected chi connectivity index (χ1v) is 13.0. The Hall–Kier alpha value is -5.37. The first kappa shape index (κ1) is 27.2. The van der Waals surface area contributed by atoms with E-state index in [0.717, 1.165) is 16.8 Å². The van der Waals surface area contributed by atoms with Crippen molar-refractivity contribution in [2.24, 2.45) is 0 Å². The van der Waals surface area contributed by atoms with Crippen molar-refractivity contribution in [3.05, 3.63) is 108 Å². The van der Waals surface area contributed by atoms with Crippen molar-refractivity contribution in [3.8, 4) is 45.5 Å². The summed E-state index contributed by atoms with van der Waals surface area (Å²) in [5, 5.41) is 7.85. The Balaban J connectivity index is 1.66. The van der Waals surface area contributed by atoms with Crippen LogP contribution in [0.15, 0.2) is 97.1 Å². The number of rotatable bonds is 8. The minimum atomic E-state index is -0.487. The van der Waals surface area contributed by atoms with Gasteiger partial charge in [0.25, 0.3) is 5.91 Å². The van der Waals surface area contributed by atoms with Gasteiger partial charge in [-0.2, -0.15) is 9.78 Å². The van der Waals surface area contributed by atoms with Crippen LogP contribution in [0.3, 0.4) is 0 Å². The summed E-state index contributed by atoms with van der Waals surface area (Å²) in [6.07, 6.45) is 0. The molecule has 1 N–H and O–H groups in total. The number of amides is 1. The normalized spacial score (nSPS) is 10.6. The first-order chi connectivity index (χ1) is 19.9. The molecule has 0 saturated carbocycles. The number of aromatic nitrogens is 2. The largest absolute Gasteiger partial charge is 0.497 e. The number of hydrogen-bond acceptors (Lipinski definition) is 6. The molecule has 0 aliphatic heterocycles. The van der Waals surface area contributed by atoms with E-state index in [1.54, 1.807) is 49.2 Å². The zero-order chi connectivity index (χ0) is 28.9. The predicted molar refractivity (Wildman–Crippen MR) is 158 cm³/mol. The molecule has 8 heteroatoms. The topological polar surface area (TPSA) is 91.7 Å². The van der Waals surface area contributed by atoms with Crippen LogP contribution in [0.2, 0.25) is 0 Å². The SMILES string of the molecule is COc1ccc(-c2nn(-c3ccc(C)cc3)c(OC(C)=O)c2-c2ccc(NC(=O)c3ccccc3)cc2)c(OC)c1. The summed E-state index contributed by atoms with van der Waals surface area (Å²) in [5.41, 5.74) is 5.52. The van der Waals surface area contributed by atoms with Crippen LogP contribution >= 0.6 is 0 Å². The summed E-state index contributed by atoms with van der Waals surface area (Å²) >= 11 is 0. The predicted octanol–water partition coefficient (Wildman–Crippen LogP) is 6.71. The molecule has 0 unspecified atom stereocenters. The molecule has 5 aromatic rings. The summed E-state index contributed by atoms with van der Waals surface area (Å²) < 4.78 is 18.5. The Morgan fingerprint density at radius 1 is 0.829 bits per heavy atom. The Labute approximate surface area is 238 Å². The monoisotopic (exact) mass is 547 g/mol. The fourth-order valence-corrected chi connectivity index (χ4v) is 4.45. The molecule has 0 aliphatic carbocycles. The van der Waals surface area contributed by atoms with Gasteiger partial charge in [-0.1, -0.05) is 48.0 Å². The minimum absolute atomic E-state index is 0.213. The van der Waals surface area contributed by atoms with E-state index in [2.05, 4.69) is 5.32 Å². The molecular weight excluding hydrogens is 518 g/mol. The highest BCUT2D eigenvalue weighted by atomic mass is 16.5. The second-order valence-electron chi connectivity index (χ2n) is 9.33. The lowest BCUT2D eigenvalue weighted by Gasteiger charge is -2.12. The molecule has 5 rings (SSSR count). The van der Waals surface area contributed by atoms with Gasteiger partial charge in [0.2, 0.25) is 5.88 Å². The van der Waals surface area contributed by atoms with E-state index in [4.69, 9.17) is 19.3 Å². The maximum Gasteiger partial charge on any atom is 0.309 e. The number of carbonyl (C=O) groups is 2. The lowest BCUT2D eigenvalue weighted by Crippen LogP contribution is -2.11. The van der Waals surface area contributed by atoms with Crippen molar-refractivity contribution in [1.29, 1.82) is 0 Å². The fraction of sp³-hybridized carbons (Fsp3) is 0.121. The van der Waals surface area contributed by atoms with Gasteiger partial charge in [-0.15, -0.1) is 0 Å². The molecular formula is C33H29N3O5.